The molecular weight excluding hydrogens is 162 g/mol. The number of hydrogen-bond acceptors (Lipinski definition) is 2. The molecule has 0 saturated carbocycles. The maximum atomic E-state index is 8.71. The van der Waals surface area contributed by atoms with Crippen molar-refractivity contribution < 1.29 is 5.21 Å². The Balaban J connectivity index is 2.53. The molecule has 0 aromatic heterocycles. The molecule has 0 spiro atoms. The van der Waals surface area contributed by atoms with Gasteiger partial charge in [0.05, 0.1) is 5.71 Å². The van der Waals surface area contributed by atoms with E-state index in [-0.39, 0.29) is 0 Å². The molecule has 0 amide bonds. The lowest BCUT2D eigenvalue weighted by Gasteiger charge is -2.05. The fourth-order valence-corrected chi connectivity index (χ4v) is 2.01. The van der Waals surface area contributed by atoms with Crippen LogP contribution in [-0.2, 0) is 12.8 Å². The number of oxime groups is 1. The Morgan fingerprint density at radius 3 is 3.00 bits per heavy atom. The number of fused-ring (bicyclic) bond motifs is 1. The van der Waals surface area contributed by atoms with E-state index in [4.69, 9.17) is 5.21 Å². The van der Waals surface area contributed by atoms with Gasteiger partial charge in [0.1, 0.15) is 0 Å². The number of rotatable bonds is 1. The lowest BCUT2D eigenvalue weighted by Crippen LogP contribution is -2.00. The standard InChI is InChI=1S/C11H13NO/c1-8(12-13)10-6-2-4-9-5-3-7-11(9)10/h2,4,6,13H,3,5,7H2,1H3. The summed E-state index contributed by atoms with van der Waals surface area (Å²) in [5.74, 6) is 0. The molecule has 2 nitrogen and oxygen atoms in total. The van der Waals surface area contributed by atoms with Gasteiger partial charge in [-0.05, 0) is 37.3 Å². The van der Waals surface area contributed by atoms with Crippen LogP contribution >= 0.6 is 0 Å². The van der Waals surface area contributed by atoms with Crippen molar-refractivity contribution in [3.8, 4) is 0 Å². The SMILES string of the molecule is CC(=NO)c1cccc2c1CCC2. The Kier molecular flexibility index (Phi) is 2.05. The van der Waals surface area contributed by atoms with Gasteiger partial charge in [0.15, 0.2) is 0 Å². The zero-order chi connectivity index (χ0) is 9.26. The fourth-order valence-electron chi connectivity index (χ4n) is 2.01. The maximum Gasteiger partial charge on any atom is 0.0839 e. The first-order chi connectivity index (χ1) is 6.33. The highest BCUT2D eigenvalue weighted by molar-refractivity contribution is 6.00. The molecule has 1 aromatic rings. The molecule has 1 N–H and O–H groups in total. The Morgan fingerprint density at radius 2 is 2.23 bits per heavy atom. The van der Waals surface area contributed by atoms with Gasteiger partial charge in [-0.25, -0.2) is 0 Å². The van der Waals surface area contributed by atoms with Gasteiger partial charge < -0.3 is 5.21 Å². The third-order valence-corrected chi connectivity index (χ3v) is 2.69. The van der Waals surface area contributed by atoms with Gasteiger partial charge in [-0.2, -0.15) is 0 Å². The summed E-state index contributed by atoms with van der Waals surface area (Å²) in [6.07, 6.45) is 3.52. The molecule has 2 heteroatoms. The summed E-state index contributed by atoms with van der Waals surface area (Å²) < 4.78 is 0. The Bertz CT molecular complexity index is 355. The van der Waals surface area contributed by atoms with Gasteiger partial charge >= 0.3 is 0 Å². The summed E-state index contributed by atoms with van der Waals surface area (Å²) in [4.78, 5) is 0. The van der Waals surface area contributed by atoms with E-state index >= 15 is 0 Å². The first-order valence-corrected chi connectivity index (χ1v) is 4.62. The molecule has 0 saturated heterocycles. The summed E-state index contributed by atoms with van der Waals surface area (Å²) in [6.45, 7) is 1.84. The predicted molar refractivity (Wildman–Crippen MR) is 52.5 cm³/mol. The van der Waals surface area contributed by atoms with Crippen LogP contribution in [0.5, 0.6) is 0 Å². The van der Waals surface area contributed by atoms with Crippen molar-refractivity contribution in [1.82, 2.24) is 0 Å². The second kappa shape index (κ2) is 3.21. The molecular formula is C11H13NO. The van der Waals surface area contributed by atoms with E-state index in [9.17, 15) is 0 Å². The Labute approximate surface area is 77.9 Å². The molecule has 0 radical (unpaired) electrons. The lowest BCUT2D eigenvalue weighted by atomic mass is 10.0. The number of aryl methyl sites for hydroxylation is 1. The Hall–Kier alpha value is -1.31. The smallest absolute Gasteiger partial charge is 0.0839 e. The quantitative estimate of drug-likeness (QED) is 0.396. The van der Waals surface area contributed by atoms with Crippen LogP contribution in [0.1, 0.15) is 30.0 Å². The largest absolute Gasteiger partial charge is 0.411 e. The summed E-state index contributed by atoms with van der Waals surface area (Å²) in [7, 11) is 0. The zero-order valence-corrected chi connectivity index (χ0v) is 7.75. The van der Waals surface area contributed by atoms with Crippen LogP contribution in [-0.4, -0.2) is 10.9 Å². The normalized spacial score (nSPS) is 15.9. The van der Waals surface area contributed by atoms with Crippen LogP contribution in [0.2, 0.25) is 0 Å². The summed E-state index contributed by atoms with van der Waals surface area (Å²) in [6, 6.07) is 6.23. The van der Waals surface area contributed by atoms with Gasteiger partial charge in [0.2, 0.25) is 0 Å². The highest BCUT2D eigenvalue weighted by Crippen LogP contribution is 2.25. The lowest BCUT2D eigenvalue weighted by molar-refractivity contribution is 0.319. The molecule has 2 rings (SSSR count). The Morgan fingerprint density at radius 1 is 1.38 bits per heavy atom. The van der Waals surface area contributed by atoms with E-state index in [1.54, 1.807) is 0 Å². The zero-order valence-electron chi connectivity index (χ0n) is 7.75. The average molecular weight is 175 g/mol. The number of hydrogen-bond donors (Lipinski definition) is 1. The van der Waals surface area contributed by atoms with Crippen LogP contribution in [0.25, 0.3) is 0 Å². The first-order valence-electron chi connectivity index (χ1n) is 4.62. The molecule has 0 fully saturated rings. The molecule has 1 aliphatic rings. The van der Waals surface area contributed by atoms with E-state index in [1.807, 2.05) is 19.1 Å². The van der Waals surface area contributed by atoms with Crippen molar-refractivity contribution >= 4 is 5.71 Å². The third-order valence-electron chi connectivity index (χ3n) is 2.69. The third kappa shape index (κ3) is 1.32. The molecule has 0 heterocycles. The van der Waals surface area contributed by atoms with E-state index in [0.29, 0.717) is 0 Å². The minimum Gasteiger partial charge on any atom is -0.411 e. The topological polar surface area (TPSA) is 32.6 Å². The van der Waals surface area contributed by atoms with E-state index in [1.165, 1.54) is 24.0 Å². The summed E-state index contributed by atoms with van der Waals surface area (Å²) in [5, 5.41) is 12.0. The number of nitrogens with zero attached hydrogens (tertiary/aromatic N) is 1. The second-order valence-electron chi connectivity index (χ2n) is 3.48. The van der Waals surface area contributed by atoms with Crippen molar-refractivity contribution in [3.63, 3.8) is 0 Å². The van der Waals surface area contributed by atoms with Crippen molar-refractivity contribution in [3.05, 3.63) is 34.9 Å². The molecule has 13 heavy (non-hydrogen) atoms. The molecule has 0 bridgehead atoms. The van der Waals surface area contributed by atoms with Gasteiger partial charge in [-0.3, -0.25) is 0 Å². The van der Waals surface area contributed by atoms with Crippen LogP contribution in [0, 0.1) is 0 Å². The van der Waals surface area contributed by atoms with Gasteiger partial charge in [-0.1, -0.05) is 23.4 Å². The number of benzene rings is 1. The average Bonchev–Trinajstić information content (AvgIpc) is 2.63. The van der Waals surface area contributed by atoms with Crippen LogP contribution in [0.4, 0.5) is 0 Å². The predicted octanol–water partition coefficient (Wildman–Crippen LogP) is 2.37. The molecule has 68 valence electrons. The highest BCUT2D eigenvalue weighted by Gasteiger charge is 2.15. The van der Waals surface area contributed by atoms with Gasteiger partial charge in [0.25, 0.3) is 0 Å². The molecule has 0 aliphatic heterocycles. The monoisotopic (exact) mass is 175 g/mol. The fraction of sp³-hybridized carbons (Fsp3) is 0.364. The summed E-state index contributed by atoms with van der Waals surface area (Å²) >= 11 is 0. The van der Waals surface area contributed by atoms with Gasteiger partial charge in [0, 0.05) is 5.56 Å². The molecule has 0 atom stereocenters. The molecule has 1 aliphatic carbocycles. The summed E-state index contributed by atoms with van der Waals surface area (Å²) in [5.41, 5.74) is 4.62. The highest BCUT2D eigenvalue weighted by atomic mass is 16.4. The first kappa shape index (κ1) is 8.30. The van der Waals surface area contributed by atoms with E-state index in [2.05, 4.69) is 11.2 Å². The van der Waals surface area contributed by atoms with E-state index in [0.717, 1.165) is 17.7 Å². The van der Waals surface area contributed by atoms with Crippen molar-refractivity contribution in [2.24, 2.45) is 5.16 Å². The van der Waals surface area contributed by atoms with Crippen molar-refractivity contribution in [1.29, 1.82) is 0 Å². The minimum absolute atomic E-state index is 0.721. The van der Waals surface area contributed by atoms with Crippen LogP contribution in [0.15, 0.2) is 23.4 Å². The van der Waals surface area contributed by atoms with Crippen molar-refractivity contribution in [2.75, 3.05) is 0 Å². The second-order valence-corrected chi connectivity index (χ2v) is 3.48. The minimum atomic E-state index is 0.721. The van der Waals surface area contributed by atoms with Crippen LogP contribution in [0.3, 0.4) is 0 Å². The molecule has 0 unspecified atom stereocenters. The van der Waals surface area contributed by atoms with E-state index < -0.39 is 0 Å². The molecule has 1 aromatic carbocycles. The maximum absolute atomic E-state index is 8.71. The van der Waals surface area contributed by atoms with Gasteiger partial charge in [-0.15, -0.1) is 0 Å². The van der Waals surface area contributed by atoms with Crippen LogP contribution < -0.4 is 0 Å². The van der Waals surface area contributed by atoms with Crippen molar-refractivity contribution in [2.45, 2.75) is 26.2 Å².